The van der Waals surface area contributed by atoms with E-state index >= 15 is 0 Å². The number of benzene rings is 1. The zero-order valence-corrected chi connectivity index (χ0v) is 14.1. The zero-order valence-electron chi connectivity index (χ0n) is 14.1. The molecule has 1 aromatic carbocycles. The topological polar surface area (TPSA) is 98.1 Å². The van der Waals surface area contributed by atoms with Gasteiger partial charge in [-0.05, 0) is 51.1 Å². The van der Waals surface area contributed by atoms with Crippen LogP contribution in [0, 0.1) is 0 Å². The number of carbonyl (C=O) groups is 2. The SMILES string of the molecule is CCOC(=O)c1cccc(NC(=O)c2cn(C3CCNCC3)nn2)c1. The van der Waals surface area contributed by atoms with Gasteiger partial charge in [0.25, 0.3) is 5.91 Å². The van der Waals surface area contributed by atoms with Crippen LogP contribution < -0.4 is 10.6 Å². The lowest BCUT2D eigenvalue weighted by Crippen LogP contribution is -2.29. The van der Waals surface area contributed by atoms with Crippen molar-refractivity contribution in [3.05, 3.63) is 41.7 Å². The molecule has 132 valence electrons. The van der Waals surface area contributed by atoms with Gasteiger partial charge in [0.2, 0.25) is 0 Å². The molecule has 8 heteroatoms. The van der Waals surface area contributed by atoms with Crippen LogP contribution in [-0.2, 0) is 4.74 Å². The second kappa shape index (κ2) is 7.89. The van der Waals surface area contributed by atoms with Gasteiger partial charge in [0, 0.05) is 5.69 Å². The molecular weight excluding hydrogens is 322 g/mol. The molecule has 0 spiro atoms. The Bertz CT molecular complexity index is 752. The third kappa shape index (κ3) is 4.21. The molecule has 1 aliphatic rings. The van der Waals surface area contributed by atoms with E-state index in [1.165, 1.54) is 0 Å². The van der Waals surface area contributed by atoms with Crippen molar-refractivity contribution in [1.29, 1.82) is 0 Å². The van der Waals surface area contributed by atoms with E-state index < -0.39 is 5.97 Å². The number of piperidine rings is 1. The van der Waals surface area contributed by atoms with E-state index in [9.17, 15) is 9.59 Å². The molecule has 25 heavy (non-hydrogen) atoms. The number of nitrogens with one attached hydrogen (secondary N) is 2. The first kappa shape index (κ1) is 17.1. The maximum atomic E-state index is 12.4. The molecule has 1 saturated heterocycles. The second-order valence-corrected chi connectivity index (χ2v) is 5.82. The number of hydrogen-bond acceptors (Lipinski definition) is 6. The summed E-state index contributed by atoms with van der Waals surface area (Å²) in [5.74, 6) is -0.781. The Morgan fingerprint density at radius 2 is 2.16 bits per heavy atom. The lowest BCUT2D eigenvalue weighted by atomic mass is 10.1. The minimum atomic E-state index is -0.421. The molecule has 1 aromatic heterocycles. The molecule has 8 nitrogen and oxygen atoms in total. The molecule has 2 N–H and O–H groups in total. The van der Waals surface area contributed by atoms with Gasteiger partial charge >= 0.3 is 5.97 Å². The summed E-state index contributed by atoms with van der Waals surface area (Å²) in [5.41, 5.74) is 1.14. The van der Waals surface area contributed by atoms with Crippen LogP contribution in [0.15, 0.2) is 30.5 Å². The van der Waals surface area contributed by atoms with Crippen LogP contribution in [0.25, 0.3) is 0 Å². The van der Waals surface area contributed by atoms with Crippen molar-refractivity contribution in [3.63, 3.8) is 0 Å². The highest BCUT2D eigenvalue weighted by molar-refractivity contribution is 6.03. The van der Waals surface area contributed by atoms with Crippen molar-refractivity contribution >= 4 is 17.6 Å². The summed E-state index contributed by atoms with van der Waals surface area (Å²) in [6.45, 7) is 3.92. The number of esters is 1. The van der Waals surface area contributed by atoms with Gasteiger partial charge in [0.1, 0.15) is 0 Å². The van der Waals surface area contributed by atoms with Crippen LogP contribution in [0.3, 0.4) is 0 Å². The maximum absolute atomic E-state index is 12.4. The molecule has 1 amide bonds. The Hall–Kier alpha value is -2.74. The molecule has 0 unspecified atom stereocenters. The van der Waals surface area contributed by atoms with Crippen molar-refractivity contribution in [2.75, 3.05) is 25.0 Å². The van der Waals surface area contributed by atoms with E-state index in [1.807, 2.05) is 0 Å². The van der Waals surface area contributed by atoms with Crippen molar-refractivity contribution < 1.29 is 14.3 Å². The van der Waals surface area contributed by atoms with Crippen molar-refractivity contribution in [2.45, 2.75) is 25.8 Å². The number of aromatic nitrogens is 3. The Morgan fingerprint density at radius 3 is 2.92 bits per heavy atom. The van der Waals surface area contributed by atoms with Crippen LogP contribution in [0.4, 0.5) is 5.69 Å². The fraction of sp³-hybridized carbons (Fsp3) is 0.412. The third-order valence-corrected chi connectivity index (χ3v) is 4.06. The quantitative estimate of drug-likeness (QED) is 0.801. The summed E-state index contributed by atoms with van der Waals surface area (Å²) in [4.78, 5) is 24.1. The van der Waals surface area contributed by atoms with E-state index in [0.717, 1.165) is 25.9 Å². The predicted molar refractivity (Wildman–Crippen MR) is 91.5 cm³/mol. The van der Waals surface area contributed by atoms with Crippen LogP contribution in [-0.4, -0.2) is 46.6 Å². The zero-order chi connectivity index (χ0) is 17.6. The monoisotopic (exact) mass is 343 g/mol. The molecular formula is C17H21N5O3. The average molecular weight is 343 g/mol. The van der Waals surface area contributed by atoms with E-state index in [-0.39, 0.29) is 17.6 Å². The summed E-state index contributed by atoms with van der Waals surface area (Å²) in [7, 11) is 0. The molecule has 0 atom stereocenters. The third-order valence-electron chi connectivity index (χ3n) is 4.06. The minimum absolute atomic E-state index is 0.250. The van der Waals surface area contributed by atoms with Gasteiger partial charge in [-0.25, -0.2) is 9.48 Å². The first-order chi connectivity index (χ1) is 12.2. The fourth-order valence-electron chi connectivity index (χ4n) is 2.76. The Morgan fingerprint density at radius 1 is 1.36 bits per heavy atom. The van der Waals surface area contributed by atoms with E-state index in [2.05, 4.69) is 20.9 Å². The lowest BCUT2D eigenvalue weighted by molar-refractivity contribution is 0.0526. The molecule has 2 aromatic rings. The van der Waals surface area contributed by atoms with Crippen molar-refractivity contribution in [3.8, 4) is 0 Å². The highest BCUT2D eigenvalue weighted by Crippen LogP contribution is 2.18. The number of amides is 1. The van der Waals surface area contributed by atoms with Crippen LogP contribution in [0.5, 0.6) is 0 Å². The molecule has 0 radical (unpaired) electrons. The van der Waals surface area contributed by atoms with Crippen LogP contribution in [0.2, 0.25) is 0 Å². The summed E-state index contributed by atoms with van der Waals surface area (Å²) >= 11 is 0. The number of carbonyl (C=O) groups excluding carboxylic acids is 2. The first-order valence-electron chi connectivity index (χ1n) is 8.38. The van der Waals surface area contributed by atoms with E-state index in [1.54, 1.807) is 42.1 Å². The summed E-state index contributed by atoms with van der Waals surface area (Å²) in [5, 5.41) is 14.1. The predicted octanol–water partition coefficient (Wildman–Crippen LogP) is 1.63. The van der Waals surface area contributed by atoms with Gasteiger partial charge in [-0.3, -0.25) is 4.79 Å². The van der Waals surface area contributed by atoms with E-state index in [0.29, 0.717) is 17.9 Å². The molecule has 0 saturated carbocycles. The standard InChI is InChI=1S/C17H21N5O3/c1-2-25-17(24)12-4-3-5-13(10-12)19-16(23)15-11-22(21-20-15)14-6-8-18-9-7-14/h3-5,10-11,14,18H,2,6-9H2,1H3,(H,19,23). The van der Waals surface area contributed by atoms with Gasteiger partial charge < -0.3 is 15.4 Å². The minimum Gasteiger partial charge on any atom is -0.462 e. The van der Waals surface area contributed by atoms with Crippen molar-refractivity contribution in [2.24, 2.45) is 0 Å². The molecule has 0 bridgehead atoms. The summed E-state index contributed by atoms with van der Waals surface area (Å²) in [6.07, 6.45) is 3.60. The summed E-state index contributed by atoms with van der Waals surface area (Å²) in [6, 6.07) is 6.88. The van der Waals surface area contributed by atoms with Gasteiger partial charge in [-0.1, -0.05) is 11.3 Å². The van der Waals surface area contributed by atoms with Gasteiger partial charge in [-0.2, -0.15) is 0 Å². The summed E-state index contributed by atoms with van der Waals surface area (Å²) < 4.78 is 6.72. The second-order valence-electron chi connectivity index (χ2n) is 5.82. The smallest absolute Gasteiger partial charge is 0.338 e. The number of hydrogen-bond donors (Lipinski definition) is 2. The van der Waals surface area contributed by atoms with Gasteiger partial charge in [0.15, 0.2) is 5.69 Å². The fourth-order valence-corrected chi connectivity index (χ4v) is 2.76. The highest BCUT2D eigenvalue weighted by Gasteiger charge is 2.19. The number of ether oxygens (including phenoxy) is 1. The molecule has 0 aliphatic carbocycles. The highest BCUT2D eigenvalue weighted by atomic mass is 16.5. The number of rotatable bonds is 5. The lowest BCUT2D eigenvalue weighted by Gasteiger charge is -2.22. The molecule has 1 fully saturated rings. The first-order valence-corrected chi connectivity index (χ1v) is 8.38. The molecule has 1 aliphatic heterocycles. The van der Waals surface area contributed by atoms with Crippen molar-refractivity contribution in [1.82, 2.24) is 20.3 Å². The number of nitrogens with zero attached hydrogens (tertiary/aromatic N) is 3. The largest absolute Gasteiger partial charge is 0.462 e. The Kier molecular flexibility index (Phi) is 5.39. The van der Waals surface area contributed by atoms with Gasteiger partial charge in [-0.15, -0.1) is 5.10 Å². The molecule has 3 rings (SSSR count). The van der Waals surface area contributed by atoms with Gasteiger partial charge in [0.05, 0.1) is 24.4 Å². The van der Waals surface area contributed by atoms with Crippen LogP contribution >= 0.6 is 0 Å². The Labute approximate surface area is 145 Å². The van der Waals surface area contributed by atoms with Crippen LogP contribution in [0.1, 0.15) is 46.7 Å². The maximum Gasteiger partial charge on any atom is 0.338 e. The molecule has 2 heterocycles. The Balaban J connectivity index is 1.67. The van der Waals surface area contributed by atoms with E-state index in [4.69, 9.17) is 4.74 Å². The average Bonchev–Trinajstić information content (AvgIpc) is 3.13. The number of anilines is 1. The normalized spacial score (nSPS) is 14.9.